The molecule has 0 saturated heterocycles. The van der Waals surface area contributed by atoms with E-state index in [4.69, 9.17) is 11.6 Å². The van der Waals surface area contributed by atoms with Gasteiger partial charge in [0, 0.05) is 35.4 Å². The summed E-state index contributed by atoms with van der Waals surface area (Å²) in [5.74, 6) is 0.0938. The summed E-state index contributed by atoms with van der Waals surface area (Å²) in [7, 11) is 0. The maximum Gasteiger partial charge on any atom is 0.124 e. The summed E-state index contributed by atoms with van der Waals surface area (Å²) in [4.78, 5) is 4.27. The van der Waals surface area contributed by atoms with Gasteiger partial charge in [0.05, 0.1) is 10.5 Å². The second-order valence-corrected chi connectivity index (χ2v) is 5.07. The number of pyridine rings is 1. The van der Waals surface area contributed by atoms with Gasteiger partial charge in [0.1, 0.15) is 11.5 Å². The summed E-state index contributed by atoms with van der Waals surface area (Å²) >= 11 is 6.13. The summed E-state index contributed by atoms with van der Waals surface area (Å²) in [5.41, 5.74) is 2.31. The number of nitrogens with one attached hydrogen (secondary N) is 1. The Morgan fingerprint density at radius 3 is 2.76 bits per heavy atom. The number of benzene rings is 2. The number of rotatable bonds is 3. The Labute approximate surface area is 126 Å². The standard InChI is InChI=1S/C16H13ClN2O2/c17-13-5-6-14(12-2-1-7-18-16(12)13)19-9-10-3-4-11(20)8-15(10)21/h1-8,19-21H,9H2. The molecule has 4 nitrogen and oxygen atoms in total. The van der Waals surface area contributed by atoms with Crippen molar-refractivity contribution in [2.24, 2.45) is 0 Å². The molecule has 2 aromatic carbocycles. The Morgan fingerprint density at radius 2 is 1.95 bits per heavy atom. The van der Waals surface area contributed by atoms with Crippen LogP contribution in [-0.2, 0) is 6.54 Å². The molecule has 0 fully saturated rings. The summed E-state index contributed by atoms with van der Waals surface area (Å²) in [6.07, 6.45) is 1.70. The van der Waals surface area contributed by atoms with E-state index in [2.05, 4.69) is 10.3 Å². The summed E-state index contributed by atoms with van der Waals surface area (Å²) in [5, 5.41) is 23.9. The highest BCUT2D eigenvalue weighted by molar-refractivity contribution is 6.35. The van der Waals surface area contributed by atoms with Crippen LogP contribution in [0.5, 0.6) is 11.5 Å². The Bertz CT molecular complexity index is 805. The highest BCUT2D eigenvalue weighted by atomic mass is 35.5. The van der Waals surface area contributed by atoms with Gasteiger partial charge in [0.25, 0.3) is 0 Å². The summed E-state index contributed by atoms with van der Waals surface area (Å²) in [6, 6.07) is 12.0. The van der Waals surface area contributed by atoms with Crippen LogP contribution in [0.15, 0.2) is 48.7 Å². The maximum atomic E-state index is 9.79. The molecule has 0 spiro atoms. The number of halogens is 1. The minimum Gasteiger partial charge on any atom is -0.508 e. The lowest BCUT2D eigenvalue weighted by Gasteiger charge is -2.11. The van der Waals surface area contributed by atoms with Crippen molar-refractivity contribution in [2.75, 3.05) is 5.32 Å². The lowest BCUT2D eigenvalue weighted by molar-refractivity contribution is 0.446. The van der Waals surface area contributed by atoms with Gasteiger partial charge in [0.15, 0.2) is 0 Å². The molecule has 21 heavy (non-hydrogen) atoms. The zero-order valence-corrected chi connectivity index (χ0v) is 11.8. The third-order valence-corrected chi connectivity index (χ3v) is 3.56. The number of aromatic nitrogens is 1. The van der Waals surface area contributed by atoms with Crippen molar-refractivity contribution in [3.63, 3.8) is 0 Å². The molecule has 1 aromatic heterocycles. The molecule has 0 aliphatic rings. The first-order valence-electron chi connectivity index (χ1n) is 6.43. The van der Waals surface area contributed by atoms with Gasteiger partial charge >= 0.3 is 0 Å². The second kappa shape index (κ2) is 5.50. The van der Waals surface area contributed by atoms with Gasteiger partial charge in [-0.2, -0.15) is 0 Å². The zero-order chi connectivity index (χ0) is 14.8. The fraction of sp³-hybridized carbons (Fsp3) is 0.0625. The number of anilines is 1. The molecular formula is C16H13ClN2O2. The van der Waals surface area contributed by atoms with Crippen LogP contribution in [-0.4, -0.2) is 15.2 Å². The molecule has 1 heterocycles. The van der Waals surface area contributed by atoms with Crippen molar-refractivity contribution in [3.05, 3.63) is 59.2 Å². The van der Waals surface area contributed by atoms with Crippen molar-refractivity contribution >= 4 is 28.2 Å². The molecule has 3 aromatic rings. The molecular weight excluding hydrogens is 288 g/mol. The molecule has 0 amide bonds. The summed E-state index contributed by atoms with van der Waals surface area (Å²) in [6.45, 7) is 0.428. The van der Waals surface area contributed by atoms with Crippen LogP contribution in [0.3, 0.4) is 0 Å². The van der Waals surface area contributed by atoms with Crippen molar-refractivity contribution in [3.8, 4) is 11.5 Å². The van der Waals surface area contributed by atoms with Gasteiger partial charge in [-0.1, -0.05) is 11.6 Å². The van der Waals surface area contributed by atoms with Crippen LogP contribution in [0.25, 0.3) is 10.9 Å². The average molecular weight is 301 g/mol. The van der Waals surface area contributed by atoms with Crippen LogP contribution in [0, 0.1) is 0 Å². The highest BCUT2D eigenvalue weighted by Gasteiger charge is 2.07. The molecule has 3 rings (SSSR count). The van der Waals surface area contributed by atoms with Gasteiger partial charge in [-0.15, -0.1) is 0 Å². The smallest absolute Gasteiger partial charge is 0.124 e. The van der Waals surface area contributed by atoms with Gasteiger partial charge in [-0.3, -0.25) is 4.98 Å². The summed E-state index contributed by atoms with van der Waals surface area (Å²) < 4.78 is 0. The largest absolute Gasteiger partial charge is 0.508 e. The normalized spacial score (nSPS) is 10.7. The first-order valence-corrected chi connectivity index (χ1v) is 6.81. The molecule has 3 N–H and O–H groups in total. The Balaban J connectivity index is 1.90. The maximum absolute atomic E-state index is 9.79. The minimum atomic E-state index is 0.0393. The van der Waals surface area contributed by atoms with Crippen LogP contribution in [0.4, 0.5) is 5.69 Å². The molecule has 0 aliphatic heterocycles. The van der Waals surface area contributed by atoms with E-state index in [0.29, 0.717) is 17.1 Å². The van der Waals surface area contributed by atoms with Gasteiger partial charge in [0.2, 0.25) is 0 Å². The fourth-order valence-corrected chi connectivity index (χ4v) is 2.40. The van der Waals surface area contributed by atoms with E-state index in [1.54, 1.807) is 18.3 Å². The molecule has 5 heteroatoms. The topological polar surface area (TPSA) is 65.4 Å². The fourth-order valence-electron chi connectivity index (χ4n) is 2.18. The van der Waals surface area contributed by atoms with E-state index >= 15 is 0 Å². The molecule has 0 bridgehead atoms. The first-order chi connectivity index (χ1) is 10.1. The Hall–Kier alpha value is -2.46. The average Bonchev–Trinajstić information content (AvgIpc) is 2.48. The van der Waals surface area contributed by atoms with E-state index in [1.165, 1.54) is 12.1 Å². The predicted octanol–water partition coefficient (Wildman–Crippen LogP) is 3.91. The van der Waals surface area contributed by atoms with Crippen molar-refractivity contribution in [1.29, 1.82) is 0 Å². The van der Waals surface area contributed by atoms with E-state index in [9.17, 15) is 10.2 Å². The van der Waals surface area contributed by atoms with Crippen LogP contribution in [0.1, 0.15) is 5.56 Å². The van der Waals surface area contributed by atoms with Crippen molar-refractivity contribution in [2.45, 2.75) is 6.54 Å². The lowest BCUT2D eigenvalue weighted by Crippen LogP contribution is -2.00. The van der Waals surface area contributed by atoms with E-state index in [1.807, 2.05) is 18.2 Å². The quantitative estimate of drug-likeness (QED) is 0.686. The molecule has 0 unspecified atom stereocenters. The van der Waals surface area contributed by atoms with Crippen LogP contribution in [0.2, 0.25) is 5.02 Å². The van der Waals surface area contributed by atoms with Crippen molar-refractivity contribution in [1.82, 2.24) is 4.98 Å². The number of aromatic hydroxyl groups is 2. The third kappa shape index (κ3) is 2.71. The van der Waals surface area contributed by atoms with Crippen LogP contribution >= 0.6 is 11.6 Å². The molecule has 0 aliphatic carbocycles. The van der Waals surface area contributed by atoms with Crippen LogP contribution < -0.4 is 5.32 Å². The monoisotopic (exact) mass is 300 g/mol. The predicted molar refractivity (Wildman–Crippen MR) is 83.9 cm³/mol. The van der Waals surface area contributed by atoms with E-state index in [-0.39, 0.29) is 11.5 Å². The number of fused-ring (bicyclic) bond motifs is 1. The zero-order valence-electron chi connectivity index (χ0n) is 11.0. The highest BCUT2D eigenvalue weighted by Crippen LogP contribution is 2.29. The van der Waals surface area contributed by atoms with Gasteiger partial charge < -0.3 is 15.5 Å². The molecule has 0 atom stereocenters. The number of phenols is 2. The van der Waals surface area contributed by atoms with E-state index < -0.39 is 0 Å². The number of hydrogen-bond acceptors (Lipinski definition) is 4. The minimum absolute atomic E-state index is 0.0393. The number of nitrogens with zero attached hydrogens (tertiary/aromatic N) is 1. The van der Waals surface area contributed by atoms with Gasteiger partial charge in [-0.05, 0) is 36.4 Å². The first kappa shape index (κ1) is 13.5. The molecule has 106 valence electrons. The lowest BCUT2D eigenvalue weighted by atomic mass is 10.1. The third-order valence-electron chi connectivity index (χ3n) is 3.26. The number of hydrogen-bond donors (Lipinski definition) is 3. The number of phenolic OH excluding ortho intramolecular Hbond substituents is 2. The van der Waals surface area contributed by atoms with E-state index in [0.717, 1.165) is 16.6 Å². The SMILES string of the molecule is Oc1ccc(CNc2ccc(Cl)c3ncccc23)c(O)c1. The second-order valence-electron chi connectivity index (χ2n) is 4.66. The Morgan fingerprint density at radius 1 is 1.10 bits per heavy atom. The van der Waals surface area contributed by atoms with Gasteiger partial charge in [-0.25, -0.2) is 0 Å². The Kier molecular flexibility index (Phi) is 3.54. The molecule has 0 radical (unpaired) electrons. The molecule has 0 saturated carbocycles. The van der Waals surface area contributed by atoms with Crippen molar-refractivity contribution < 1.29 is 10.2 Å².